The molecule has 0 bridgehead atoms. The predicted octanol–water partition coefficient (Wildman–Crippen LogP) is 2.48. The molecule has 19 heavy (non-hydrogen) atoms. The minimum absolute atomic E-state index is 0.0797. The van der Waals surface area contributed by atoms with Crippen molar-refractivity contribution in [3.8, 4) is 0 Å². The van der Waals surface area contributed by atoms with E-state index in [1.165, 1.54) is 0 Å². The summed E-state index contributed by atoms with van der Waals surface area (Å²) in [5.74, 6) is 0.608. The van der Waals surface area contributed by atoms with Crippen LogP contribution in [0.15, 0.2) is 0 Å². The topological polar surface area (TPSA) is 41.5 Å². The van der Waals surface area contributed by atoms with E-state index in [2.05, 4.69) is 19.2 Å². The minimum Gasteiger partial charge on any atom is -0.389 e. The van der Waals surface area contributed by atoms with E-state index >= 15 is 0 Å². The molecule has 0 amide bonds. The van der Waals surface area contributed by atoms with Crippen LogP contribution < -0.4 is 5.32 Å². The second-order valence-electron chi connectivity index (χ2n) is 5.73. The standard InChI is InChI=1S/C13H24F3NO2/c1-10(2)4-3-7-19-9-11(18)8-17-12(5-6-12)13(14,15)16/h10-11,17-18H,3-9H2,1-2H3. The van der Waals surface area contributed by atoms with Crippen molar-refractivity contribution in [3.05, 3.63) is 0 Å². The van der Waals surface area contributed by atoms with Crippen molar-refractivity contribution in [2.24, 2.45) is 5.92 Å². The number of aliphatic hydroxyl groups is 1. The van der Waals surface area contributed by atoms with Crippen molar-refractivity contribution < 1.29 is 23.0 Å². The van der Waals surface area contributed by atoms with Crippen molar-refractivity contribution in [2.45, 2.75) is 57.3 Å². The molecule has 1 fully saturated rings. The van der Waals surface area contributed by atoms with E-state index in [1.807, 2.05) is 0 Å². The normalized spacial score (nSPS) is 19.7. The molecule has 1 saturated carbocycles. The van der Waals surface area contributed by atoms with Crippen LogP contribution >= 0.6 is 0 Å². The van der Waals surface area contributed by atoms with Crippen LogP contribution in [-0.4, -0.2) is 42.7 Å². The lowest BCUT2D eigenvalue weighted by atomic mass is 10.1. The van der Waals surface area contributed by atoms with Crippen molar-refractivity contribution in [1.82, 2.24) is 5.32 Å². The lowest BCUT2D eigenvalue weighted by molar-refractivity contribution is -0.167. The highest BCUT2D eigenvalue weighted by Crippen LogP contribution is 2.48. The highest BCUT2D eigenvalue weighted by molar-refractivity contribution is 5.08. The van der Waals surface area contributed by atoms with E-state index in [0.29, 0.717) is 12.5 Å². The number of halogens is 3. The second kappa shape index (κ2) is 6.90. The van der Waals surface area contributed by atoms with Gasteiger partial charge in [-0.3, -0.25) is 0 Å². The molecular weight excluding hydrogens is 259 g/mol. The highest BCUT2D eigenvalue weighted by Gasteiger charge is 2.63. The van der Waals surface area contributed by atoms with E-state index in [9.17, 15) is 18.3 Å². The summed E-state index contributed by atoms with van der Waals surface area (Å²) >= 11 is 0. The zero-order valence-corrected chi connectivity index (χ0v) is 11.6. The van der Waals surface area contributed by atoms with E-state index in [4.69, 9.17) is 4.74 Å². The first-order valence-corrected chi connectivity index (χ1v) is 6.84. The molecule has 114 valence electrons. The number of alkyl halides is 3. The molecule has 0 aromatic rings. The average Bonchev–Trinajstić information content (AvgIpc) is 3.05. The molecule has 0 heterocycles. The summed E-state index contributed by atoms with van der Waals surface area (Å²) in [6.45, 7) is 4.78. The van der Waals surface area contributed by atoms with Crippen LogP contribution in [0.4, 0.5) is 13.2 Å². The van der Waals surface area contributed by atoms with Crippen LogP contribution in [-0.2, 0) is 4.74 Å². The quantitative estimate of drug-likeness (QED) is 0.639. The zero-order chi connectivity index (χ0) is 14.5. The number of aliphatic hydroxyl groups excluding tert-OH is 1. The Balaban J connectivity index is 2.07. The molecule has 6 heteroatoms. The molecule has 1 unspecified atom stereocenters. The van der Waals surface area contributed by atoms with Crippen LogP contribution in [0.2, 0.25) is 0 Å². The molecule has 2 N–H and O–H groups in total. The van der Waals surface area contributed by atoms with Gasteiger partial charge in [0.25, 0.3) is 0 Å². The third-order valence-electron chi connectivity index (χ3n) is 3.35. The fraction of sp³-hybridized carbons (Fsp3) is 1.00. The van der Waals surface area contributed by atoms with E-state index in [1.54, 1.807) is 0 Å². The Morgan fingerprint density at radius 2 is 1.95 bits per heavy atom. The monoisotopic (exact) mass is 283 g/mol. The Hall–Kier alpha value is -0.330. The van der Waals surface area contributed by atoms with Crippen LogP contribution in [0, 0.1) is 5.92 Å². The smallest absolute Gasteiger partial charge is 0.389 e. The summed E-state index contributed by atoms with van der Waals surface area (Å²) in [4.78, 5) is 0. The largest absolute Gasteiger partial charge is 0.406 e. The predicted molar refractivity (Wildman–Crippen MR) is 66.9 cm³/mol. The third-order valence-corrected chi connectivity index (χ3v) is 3.35. The molecule has 0 radical (unpaired) electrons. The lowest BCUT2D eigenvalue weighted by Crippen LogP contribution is -2.48. The molecule has 1 aliphatic carbocycles. The maximum Gasteiger partial charge on any atom is 0.406 e. The summed E-state index contributed by atoms with van der Waals surface area (Å²) in [7, 11) is 0. The molecule has 1 atom stereocenters. The molecule has 0 aromatic heterocycles. The molecule has 3 nitrogen and oxygen atoms in total. The Bertz CT molecular complexity index is 265. The maximum absolute atomic E-state index is 12.6. The van der Waals surface area contributed by atoms with Crippen molar-refractivity contribution in [2.75, 3.05) is 19.8 Å². The summed E-state index contributed by atoms with van der Waals surface area (Å²) in [6, 6.07) is 0. The molecule has 0 aromatic carbocycles. The van der Waals surface area contributed by atoms with Gasteiger partial charge in [-0.15, -0.1) is 0 Å². The van der Waals surface area contributed by atoms with Crippen molar-refractivity contribution in [1.29, 1.82) is 0 Å². The molecule has 1 rings (SSSR count). The first-order valence-electron chi connectivity index (χ1n) is 6.84. The van der Waals surface area contributed by atoms with E-state index in [0.717, 1.165) is 12.8 Å². The average molecular weight is 283 g/mol. The Morgan fingerprint density at radius 1 is 1.32 bits per heavy atom. The van der Waals surface area contributed by atoms with Gasteiger partial charge in [0.1, 0.15) is 5.54 Å². The van der Waals surface area contributed by atoms with Crippen LogP contribution in [0.3, 0.4) is 0 Å². The fourth-order valence-corrected chi connectivity index (χ4v) is 1.87. The van der Waals surface area contributed by atoms with Gasteiger partial charge >= 0.3 is 6.18 Å². The first kappa shape index (κ1) is 16.7. The highest BCUT2D eigenvalue weighted by atomic mass is 19.4. The number of rotatable bonds is 9. The van der Waals surface area contributed by atoms with Gasteiger partial charge in [0.05, 0.1) is 12.7 Å². The van der Waals surface area contributed by atoms with Gasteiger partial charge in [-0.05, 0) is 31.6 Å². The molecule has 0 spiro atoms. The summed E-state index contributed by atoms with van der Waals surface area (Å²) < 4.78 is 43.0. The molecular formula is C13H24F3NO2. The maximum atomic E-state index is 12.6. The van der Waals surface area contributed by atoms with Crippen molar-refractivity contribution >= 4 is 0 Å². The Morgan fingerprint density at radius 3 is 2.42 bits per heavy atom. The SMILES string of the molecule is CC(C)CCCOCC(O)CNC1(C(F)(F)F)CC1. The van der Waals surface area contributed by atoms with Crippen LogP contribution in [0.5, 0.6) is 0 Å². The van der Waals surface area contributed by atoms with Gasteiger partial charge in [0.2, 0.25) is 0 Å². The van der Waals surface area contributed by atoms with Gasteiger partial charge < -0.3 is 15.2 Å². The molecule has 0 saturated heterocycles. The summed E-state index contributed by atoms with van der Waals surface area (Å²) in [6.07, 6.45) is -2.98. The van der Waals surface area contributed by atoms with E-state index in [-0.39, 0.29) is 26.0 Å². The van der Waals surface area contributed by atoms with Gasteiger partial charge in [-0.25, -0.2) is 0 Å². The Labute approximate surface area is 112 Å². The van der Waals surface area contributed by atoms with Crippen LogP contribution in [0.25, 0.3) is 0 Å². The molecule has 0 aliphatic heterocycles. The number of hydrogen-bond donors (Lipinski definition) is 2. The number of ether oxygens (including phenoxy) is 1. The summed E-state index contributed by atoms with van der Waals surface area (Å²) in [5.41, 5.74) is -1.76. The van der Waals surface area contributed by atoms with Gasteiger partial charge in [0, 0.05) is 13.2 Å². The fourth-order valence-electron chi connectivity index (χ4n) is 1.87. The first-order chi connectivity index (χ1) is 8.77. The second-order valence-corrected chi connectivity index (χ2v) is 5.73. The molecule has 1 aliphatic rings. The minimum atomic E-state index is -4.23. The zero-order valence-electron chi connectivity index (χ0n) is 11.6. The van der Waals surface area contributed by atoms with E-state index < -0.39 is 17.8 Å². The third kappa shape index (κ3) is 5.67. The lowest BCUT2D eigenvalue weighted by Gasteiger charge is -2.22. The van der Waals surface area contributed by atoms with Crippen molar-refractivity contribution in [3.63, 3.8) is 0 Å². The Kier molecular flexibility index (Phi) is 6.08. The van der Waals surface area contributed by atoms with Gasteiger partial charge in [0.15, 0.2) is 0 Å². The number of hydrogen-bond acceptors (Lipinski definition) is 3. The van der Waals surface area contributed by atoms with Gasteiger partial charge in [-0.1, -0.05) is 13.8 Å². The number of β-amino-alcohol motifs (C(OH)–C–C–N with tert-alkyl or cyclic N) is 1. The number of nitrogens with one attached hydrogen (secondary N) is 1. The van der Waals surface area contributed by atoms with Gasteiger partial charge in [-0.2, -0.15) is 13.2 Å². The van der Waals surface area contributed by atoms with Crippen LogP contribution in [0.1, 0.15) is 39.5 Å². The summed E-state index contributed by atoms with van der Waals surface area (Å²) in [5, 5.41) is 12.0.